The number of piperidine rings is 1. The maximum Gasteiger partial charge on any atom is 0.350 e. The summed E-state index contributed by atoms with van der Waals surface area (Å²) >= 11 is 0. The van der Waals surface area contributed by atoms with Crippen LogP contribution >= 0.6 is 0 Å². The van der Waals surface area contributed by atoms with Gasteiger partial charge in [-0.3, -0.25) is 4.79 Å². The van der Waals surface area contributed by atoms with Gasteiger partial charge in [0, 0.05) is 31.6 Å². The van der Waals surface area contributed by atoms with E-state index >= 15 is 0 Å². The molecule has 1 aromatic heterocycles. The molecule has 36 heavy (non-hydrogen) atoms. The van der Waals surface area contributed by atoms with Crippen molar-refractivity contribution >= 4 is 5.91 Å². The second-order valence-corrected chi connectivity index (χ2v) is 8.60. The van der Waals surface area contributed by atoms with E-state index in [1.54, 1.807) is 23.7 Å². The van der Waals surface area contributed by atoms with Gasteiger partial charge in [0.15, 0.2) is 11.5 Å². The number of nitrogens with zero attached hydrogens (tertiary/aromatic N) is 4. The third-order valence-electron chi connectivity index (χ3n) is 6.27. The first kappa shape index (κ1) is 25.3. The molecule has 1 amide bonds. The summed E-state index contributed by atoms with van der Waals surface area (Å²) in [6, 6.07) is 13.0. The molecule has 4 rings (SSSR count). The van der Waals surface area contributed by atoms with Gasteiger partial charge in [-0.05, 0) is 57.9 Å². The van der Waals surface area contributed by atoms with E-state index in [0.717, 1.165) is 11.5 Å². The molecule has 1 aliphatic heterocycles. The molecule has 9 nitrogen and oxygen atoms in total. The van der Waals surface area contributed by atoms with Gasteiger partial charge in [0.1, 0.15) is 5.82 Å². The van der Waals surface area contributed by atoms with Crippen molar-refractivity contribution in [1.82, 2.24) is 19.2 Å². The molecule has 2 heterocycles. The van der Waals surface area contributed by atoms with Crippen LogP contribution in [0.4, 0.5) is 0 Å². The second-order valence-electron chi connectivity index (χ2n) is 8.60. The van der Waals surface area contributed by atoms with Crippen molar-refractivity contribution in [1.29, 1.82) is 0 Å². The highest BCUT2D eigenvalue weighted by atomic mass is 16.5. The van der Waals surface area contributed by atoms with Gasteiger partial charge in [0.2, 0.25) is 5.75 Å². The number of likely N-dealkylation sites (tertiary alicyclic amines) is 1. The van der Waals surface area contributed by atoms with Gasteiger partial charge in [0.05, 0.1) is 25.5 Å². The number of carbonyl (C=O) groups is 1. The number of amides is 1. The smallest absolute Gasteiger partial charge is 0.350 e. The fourth-order valence-electron chi connectivity index (χ4n) is 4.60. The first-order valence-corrected chi connectivity index (χ1v) is 12.5. The van der Waals surface area contributed by atoms with E-state index in [2.05, 4.69) is 5.10 Å². The summed E-state index contributed by atoms with van der Waals surface area (Å²) < 4.78 is 20.4. The summed E-state index contributed by atoms with van der Waals surface area (Å²) in [5.74, 6) is 2.25. The number of rotatable bonds is 9. The van der Waals surface area contributed by atoms with Crippen molar-refractivity contribution in [3.8, 4) is 22.9 Å². The lowest BCUT2D eigenvalue weighted by atomic mass is 9.95. The largest absolute Gasteiger partial charge is 0.490 e. The van der Waals surface area contributed by atoms with Crippen LogP contribution in [0, 0.1) is 0 Å². The Morgan fingerprint density at radius 1 is 0.944 bits per heavy atom. The van der Waals surface area contributed by atoms with Gasteiger partial charge >= 0.3 is 5.69 Å². The molecule has 0 unspecified atom stereocenters. The van der Waals surface area contributed by atoms with Gasteiger partial charge in [0.25, 0.3) is 5.91 Å². The van der Waals surface area contributed by atoms with Crippen LogP contribution in [0.5, 0.6) is 17.2 Å². The molecule has 0 saturated carbocycles. The van der Waals surface area contributed by atoms with Crippen molar-refractivity contribution in [2.75, 3.05) is 32.9 Å². The molecule has 0 aliphatic carbocycles. The Morgan fingerprint density at radius 2 is 1.53 bits per heavy atom. The highest BCUT2D eigenvalue weighted by Crippen LogP contribution is 2.40. The molecule has 1 fully saturated rings. The Balaban J connectivity index is 1.55. The minimum atomic E-state index is -0.170. The molecule has 1 saturated heterocycles. The minimum absolute atomic E-state index is 0.0708. The summed E-state index contributed by atoms with van der Waals surface area (Å²) in [6.45, 7) is 8.15. The molecular weight excluding hydrogens is 460 g/mol. The quantitative estimate of drug-likeness (QED) is 0.450. The molecule has 1 aliphatic rings. The van der Waals surface area contributed by atoms with E-state index in [-0.39, 0.29) is 17.5 Å². The second kappa shape index (κ2) is 11.3. The maximum absolute atomic E-state index is 13.5. The van der Waals surface area contributed by atoms with E-state index < -0.39 is 0 Å². The number of aryl methyl sites for hydroxylation is 1. The predicted molar refractivity (Wildman–Crippen MR) is 137 cm³/mol. The number of carbonyl (C=O) groups excluding carboxylic acids is 1. The number of aromatic nitrogens is 3. The highest BCUT2D eigenvalue weighted by molar-refractivity contribution is 5.95. The van der Waals surface area contributed by atoms with Crippen molar-refractivity contribution in [3.63, 3.8) is 0 Å². The lowest BCUT2D eigenvalue weighted by Gasteiger charge is -2.32. The fourth-order valence-corrected chi connectivity index (χ4v) is 4.60. The van der Waals surface area contributed by atoms with Crippen LogP contribution in [-0.4, -0.2) is 58.1 Å². The highest BCUT2D eigenvalue weighted by Gasteiger charge is 2.30. The lowest BCUT2D eigenvalue weighted by molar-refractivity contribution is 0.0709. The fraction of sp³-hybridized carbons (Fsp3) is 0.444. The maximum atomic E-state index is 13.5. The summed E-state index contributed by atoms with van der Waals surface area (Å²) in [4.78, 5) is 28.1. The van der Waals surface area contributed by atoms with Gasteiger partial charge in [-0.2, -0.15) is 5.10 Å². The SMILES string of the molecule is CCOc1cc(C(=O)N2CCC(c3nn(C)c(=O)n3-c3ccccc3)CC2)cc(OCC)c1OCC. The summed E-state index contributed by atoms with van der Waals surface area (Å²) in [5.41, 5.74) is 1.13. The number of benzene rings is 2. The van der Waals surface area contributed by atoms with Crippen LogP contribution in [0.3, 0.4) is 0 Å². The first-order valence-electron chi connectivity index (χ1n) is 12.5. The zero-order valence-electron chi connectivity index (χ0n) is 21.4. The zero-order valence-corrected chi connectivity index (χ0v) is 21.4. The van der Waals surface area contributed by atoms with Crippen LogP contribution < -0.4 is 19.9 Å². The van der Waals surface area contributed by atoms with E-state index in [9.17, 15) is 9.59 Å². The molecule has 192 valence electrons. The Labute approximate surface area is 211 Å². The third-order valence-corrected chi connectivity index (χ3v) is 6.27. The van der Waals surface area contributed by atoms with Gasteiger partial charge < -0.3 is 19.1 Å². The standard InChI is InChI=1S/C27H34N4O5/c1-5-34-22-17-20(18-23(35-6-2)24(22)36-7-3)26(32)30-15-13-19(14-16-30)25-28-29(4)27(33)31(25)21-11-9-8-10-12-21/h8-12,17-19H,5-7,13-16H2,1-4H3. The molecule has 0 atom stereocenters. The van der Waals surface area contributed by atoms with Gasteiger partial charge in [-0.25, -0.2) is 14.0 Å². The van der Waals surface area contributed by atoms with E-state index in [4.69, 9.17) is 14.2 Å². The van der Waals surface area contributed by atoms with Crippen LogP contribution in [0.1, 0.15) is 55.7 Å². The number of ether oxygens (including phenoxy) is 3. The predicted octanol–water partition coefficient (Wildman–Crippen LogP) is 3.79. The van der Waals surface area contributed by atoms with Crippen LogP contribution in [0.25, 0.3) is 5.69 Å². The summed E-state index contributed by atoms with van der Waals surface area (Å²) in [5, 5.41) is 4.55. The summed E-state index contributed by atoms with van der Waals surface area (Å²) in [6.07, 6.45) is 1.42. The van der Waals surface area contributed by atoms with Gasteiger partial charge in [-0.1, -0.05) is 18.2 Å². The summed E-state index contributed by atoms with van der Waals surface area (Å²) in [7, 11) is 1.67. The van der Waals surface area contributed by atoms with E-state index in [1.165, 1.54) is 4.68 Å². The zero-order chi connectivity index (χ0) is 25.7. The van der Waals surface area contributed by atoms with Crippen LogP contribution in [-0.2, 0) is 7.05 Å². The Hall–Kier alpha value is -3.75. The monoisotopic (exact) mass is 494 g/mol. The average molecular weight is 495 g/mol. The van der Waals surface area contributed by atoms with Crippen molar-refractivity contribution < 1.29 is 19.0 Å². The van der Waals surface area contributed by atoms with Gasteiger partial charge in [-0.15, -0.1) is 0 Å². The Kier molecular flexibility index (Phi) is 7.97. The molecular formula is C27H34N4O5. The Bertz CT molecular complexity index is 1220. The molecule has 0 spiro atoms. The molecule has 0 radical (unpaired) electrons. The normalized spacial score (nSPS) is 14.1. The molecule has 3 aromatic rings. The Morgan fingerprint density at radius 3 is 2.08 bits per heavy atom. The number of hydrogen-bond donors (Lipinski definition) is 0. The topological polar surface area (TPSA) is 87.8 Å². The van der Waals surface area contributed by atoms with Crippen molar-refractivity contribution in [3.05, 3.63) is 64.3 Å². The van der Waals surface area contributed by atoms with Crippen molar-refractivity contribution in [2.24, 2.45) is 7.05 Å². The average Bonchev–Trinajstić information content (AvgIpc) is 3.20. The number of para-hydroxylation sites is 1. The van der Waals surface area contributed by atoms with Crippen molar-refractivity contribution in [2.45, 2.75) is 39.5 Å². The van der Waals surface area contributed by atoms with E-state index in [1.807, 2.05) is 56.0 Å². The van der Waals surface area contributed by atoms with Crippen LogP contribution in [0.2, 0.25) is 0 Å². The minimum Gasteiger partial charge on any atom is -0.490 e. The molecule has 0 N–H and O–H groups in total. The first-order chi connectivity index (χ1) is 17.5. The molecule has 2 aromatic carbocycles. The molecule has 0 bridgehead atoms. The molecule has 9 heteroatoms. The van der Waals surface area contributed by atoms with E-state index in [0.29, 0.717) is 68.6 Å². The number of hydrogen-bond acceptors (Lipinski definition) is 6. The third kappa shape index (κ3) is 5.10. The lowest BCUT2D eigenvalue weighted by Crippen LogP contribution is -2.38. The van der Waals surface area contributed by atoms with Crippen LogP contribution in [0.15, 0.2) is 47.3 Å².